The molecule has 6 heteroatoms. The van der Waals surface area contributed by atoms with Crippen LogP contribution in [0.3, 0.4) is 0 Å². The molecule has 0 amide bonds. The average Bonchev–Trinajstić information content (AvgIpc) is 2.43. The van der Waals surface area contributed by atoms with Crippen LogP contribution in [-0.4, -0.2) is 27.1 Å². The highest BCUT2D eigenvalue weighted by atomic mass is 15.5. The summed E-state index contributed by atoms with van der Waals surface area (Å²) in [7, 11) is 0. The molecule has 0 bridgehead atoms. The van der Waals surface area contributed by atoms with Crippen LogP contribution in [0, 0.1) is 0 Å². The predicted molar refractivity (Wildman–Crippen MR) is 82.1 cm³/mol. The van der Waals surface area contributed by atoms with Crippen LogP contribution >= 0.6 is 0 Å². The van der Waals surface area contributed by atoms with Crippen LogP contribution in [0.1, 0.15) is 52.3 Å². The summed E-state index contributed by atoms with van der Waals surface area (Å²) in [6, 6.07) is 2.88. The van der Waals surface area contributed by atoms with E-state index in [0.29, 0.717) is 17.9 Å². The molecule has 1 fully saturated rings. The number of nitrogens with two attached hydrogens (primary N) is 1. The molecule has 1 aromatic rings. The Kier molecular flexibility index (Phi) is 5.14. The highest BCUT2D eigenvalue weighted by Gasteiger charge is 2.25. The molecular formula is C14H26N6. The Labute approximate surface area is 121 Å². The minimum atomic E-state index is 0.512. The number of anilines is 2. The maximum absolute atomic E-state index is 5.49. The molecule has 2 unspecified atom stereocenters. The minimum Gasteiger partial charge on any atom is -0.308 e. The number of rotatable bonds is 5. The molecule has 0 spiro atoms. The summed E-state index contributed by atoms with van der Waals surface area (Å²) >= 11 is 0. The first-order valence-electron chi connectivity index (χ1n) is 7.53. The van der Waals surface area contributed by atoms with Gasteiger partial charge in [-0.15, -0.1) is 0 Å². The number of hydrazine groups is 2. The summed E-state index contributed by atoms with van der Waals surface area (Å²) in [5.74, 6) is 7.78. The van der Waals surface area contributed by atoms with Gasteiger partial charge in [0.05, 0.1) is 0 Å². The second-order valence-electron chi connectivity index (χ2n) is 5.60. The first kappa shape index (κ1) is 15.0. The Hall–Kier alpha value is -1.40. The molecule has 0 aliphatic carbocycles. The number of nitrogen functional groups attached to an aromatic ring is 1. The fourth-order valence-corrected chi connectivity index (χ4v) is 2.74. The lowest BCUT2D eigenvalue weighted by Gasteiger charge is -2.39. The van der Waals surface area contributed by atoms with E-state index >= 15 is 0 Å². The van der Waals surface area contributed by atoms with Crippen LogP contribution in [-0.2, 0) is 6.42 Å². The summed E-state index contributed by atoms with van der Waals surface area (Å²) in [6.45, 7) is 6.62. The molecule has 112 valence electrons. The molecular weight excluding hydrogens is 252 g/mol. The van der Waals surface area contributed by atoms with Gasteiger partial charge in [0.2, 0.25) is 0 Å². The molecule has 6 nitrogen and oxygen atoms in total. The van der Waals surface area contributed by atoms with Gasteiger partial charge in [-0.05, 0) is 33.1 Å². The molecule has 1 aromatic heterocycles. The molecule has 1 aliphatic rings. The van der Waals surface area contributed by atoms with Crippen molar-refractivity contribution in [3.05, 3.63) is 11.9 Å². The van der Waals surface area contributed by atoms with E-state index < -0.39 is 0 Å². The quantitative estimate of drug-likeness (QED) is 0.566. The monoisotopic (exact) mass is 278 g/mol. The third-order valence-corrected chi connectivity index (χ3v) is 3.83. The predicted octanol–water partition coefficient (Wildman–Crippen LogP) is 2.30. The summed E-state index contributed by atoms with van der Waals surface area (Å²) in [5.41, 5.74) is 6.06. The van der Waals surface area contributed by atoms with Gasteiger partial charge in [0.25, 0.3) is 0 Å². The standard InChI is InChI=1S/C14H26N6/c1-4-6-12-16-13(18-15)9-14(17-12)19-20-10(2)7-5-8-11(20)3/h9-11H,4-8,15H2,1-3H3,(H2,16,17,18,19). The molecule has 2 heterocycles. The van der Waals surface area contributed by atoms with E-state index in [9.17, 15) is 0 Å². The Morgan fingerprint density at radius 2 is 1.90 bits per heavy atom. The third-order valence-electron chi connectivity index (χ3n) is 3.83. The van der Waals surface area contributed by atoms with Gasteiger partial charge in [0, 0.05) is 24.6 Å². The third kappa shape index (κ3) is 3.58. The number of aryl methyl sites for hydroxylation is 1. The topological polar surface area (TPSA) is 79.1 Å². The van der Waals surface area contributed by atoms with Crippen molar-refractivity contribution in [1.29, 1.82) is 0 Å². The minimum absolute atomic E-state index is 0.512. The molecule has 1 saturated heterocycles. The summed E-state index contributed by atoms with van der Waals surface area (Å²) in [5, 5.41) is 2.29. The van der Waals surface area contributed by atoms with Crippen molar-refractivity contribution >= 4 is 11.6 Å². The van der Waals surface area contributed by atoms with Gasteiger partial charge in [-0.1, -0.05) is 13.3 Å². The van der Waals surface area contributed by atoms with Crippen LogP contribution in [0.25, 0.3) is 0 Å². The van der Waals surface area contributed by atoms with Gasteiger partial charge < -0.3 is 10.9 Å². The fraction of sp³-hybridized carbons (Fsp3) is 0.714. The Morgan fingerprint density at radius 3 is 2.50 bits per heavy atom. The largest absolute Gasteiger partial charge is 0.308 e. The summed E-state index contributed by atoms with van der Waals surface area (Å²) in [6.07, 6.45) is 5.60. The molecule has 2 rings (SSSR count). The molecule has 2 atom stereocenters. The highest BCUT2D eigenvalue weighted by molar-refractivity contribution is 5.46. The highest BCUT2D eigenvalue weighted by Crippen LogP contribution is 2.23. The number of nitrogens with one attached hydrogen (secondary N) is 2. The Bertz CT molecular complexity index is 426. The fourth-order valence-electron chi connectivity index (χ4n) is 2.74. The first-order valence-corrected chi connectivity index (χ1v) is 7.53. The van der Waals surface area contributed by atoms with Gasteiger partial charge in [-0.2, -0.15) is 0 Å². The SMILES string of the molecule is CCCc1nc(NN)cc(NN2C(C)CCCC2C)n1. The number of aromatic nitrogens is 2. The van der Waals surface area contributed by atoms with E-state index in [0.717, 1.165) is 24.5 Å². The number of hydrogen-bond donors (Lipinski definition) is 3. The maximum Gasteiger partial charge on any atom is 0.146 e. The second kappa shape index (κ2) is 6.85. The normalized spacial score (nSPS) is 23.6. The van der Waals surface area contributed by atoms with Crippen molar-refractivity contribution in [2.75, 3.05) is 10.9 Å². The van der Waals surface area contributed by atoms with Crippen molar-refractivity contribution in [3.63, 3.8) is 0 Å². The van der Waals surface area contributed by atoms with Crippen LogP contribution in [0.2, 0.25) is 0 Å². The Morgan fingerprint density at radius 1 is 1.25 bits per heavy atom. The molecule has 0 aromatic carbocycles. The van der Waals surface area contributed by atoms with Gasteiger partial charge >= 0.3 is 0 Å². The smallest absolute Gasteiger partial charge is 0.146 e. The van der Waals surface area contributed by atoms with Gasteiger partial charge in [-0.25, -0.2) is 20.8 Å². The van der Waals surface area contributed by atoms with E-state index in [-0.39, 0.29) is 0 Å². The van der Waals surface area contributed by atoms with E-state index in [1.807, 2.05) is 6.07 Å². The van der Waals surface area contributed by atoms with Crippen LogP contribution in [0.4, 0.5) is 11.6 Å². The van der Waals surface area contributed by atoms with Crippen molar-refractivity contribution < 1.29 is 0 Å². The zero-order valence-electron chi connectivity index (χ0n) is 12.7. The van der Waals surface area contributed by atoms with Gasteiger partial charge in [0.15, 0.2) is 0 Å². The Balaban J connectivity index is 2.16. The maximum atomic E-state index is 5.49. The van der Waals surface area contributed by atoms with E-state index in [2.05, 4.69) is 46.6 Å². The molecule has 0 saturated carbocycles. The van der Waals surface area contributed by atoms with E-state index in [1.54, 1.807) is 0 Å². The zero-order chi connectivity index (χ0) is 14.5. The van der Waals surface area contributed by atoms with Gasteiger partial charge in [0.1, 0.15) is 17.5 Å². The summed E-state index contributed by atoms with van der Waals surface area (Å²) in [4.78, 5) is 8.94. The van der Waals surface area contributed by atoms with Crippen molar-refractivity contribution in [1.82, 2.24) is 15.0 Å². The number of hydrogen-bond acceptors (Lipinski definition) is 6. The molecule has 20 heavy (non-hydrogen) atoms. The van der Waals surface area contributed by atoms with Crippen LogP contribution in [0.5, 0.6) is 0 Å². The van der Waals surface area contributed by atoms with E-state index in [1.165, 1.54) is 19.3 Å². The molecule has 1 aliphatic heterocycles. The molecule has 0 radical (unpaired) electrons. The van der Waals surface area contributed by atoms with E-state index in [4.69, 9.17) is 5.84 Å². The van der Waals surface area contributed by atoms with Crippen molar-refractivity contribution in [3.8, 4) is 0 Å². The second-order valence-corrected chi connectivity index (χ2v) is 5.60. The number of nitrogens with zero attached hydrogens (tertiary/aromatic N) is 3. The first-order chi connectivity index (χ1) is 9.63. The lowest BCUT2D eigenvalue weighted by Crippen LogP contribution is -2.47. The lowest BCUT2D eigenvalue weighted by atomic mass is 10.00. The van der Waals surface area contributed by atoms with Crippen molar-refractivity contribution in [2.24, 2.45) is 5.84 Å². The van der Waals surface area contributed by atoms with Crippen molar-refractivity contribution in [2.45, 2.75) is 65.0 Å². The number of piperidine rings is 1. The zero-order valence-corrected chi connectivity index (χ0v) is 12.7. The average molecular weight is 278 g/mol. The lowest BCUT2D eigenvalue weighted by molar-refractivity contribution is 0.135. The van der Waals surface area contributed by atoms with Gasteiger partial charge in [-0.3, -0.25) is 0 Å². The van der Waals surface area contributed by atoms with Crippen LogP contribution in [0.15, 0.2) is 6.07 Å². The molecule has 4 N–H and O–H groups in total. The van der Waals surface area contributed by atoms with Crippen LogP contribution < -0.4 is 16.7 Å². The summed E-state index contributed by atoms with van der Waals surface area (Å²) < 4.78 is 0.